The highest BCUT2D eigenvalue weighted by molar-refractivity contribution is 5.86. The second kappa shape index (κ2) is 11.4. The summed E-state index contributed by atoms with van der Waals surface area (Å²) < 4.78 is 100. The molecule has 1 unspecified atom stereocenters. The number of fused-ring (bicyclic) bond motifs is 3. The van der Waals surface area contributed by atoms with Crippen LogP contribution in [0.1, 0.15) is 42.6 Å². The number of nitrogens with zero attached hydrogens (tertiary/aromatic N) is 3. The monoisotopic (exact) mass is 573 g/mol. The van der Waals surface area contributed by atoms with Gasteiger partial charge in [0.1, 0.15) is 17.4 Å². The number of alkyl halides is 6. The Bertz CT molecular complexity index is 1330. The van der Waals surface area contributed by atoms with Crippen LogP contribution in [-0.4, -0.2) is 77.5 Å². The van der Waals surface area contributed by atoms with E-state index in [1.807, 2.05) is 0 Å². The van der Waals surface area contributed by atoms with Crippen molar-refractivity contribution in [2.45, 2.75) is 57.1 Å². The number of hydrogen-bond acceptors (Lipinski definition) is 5. The standard InChI is InChI=1S/C27H30F7N5O/c1-15-10-18-17-4-2-5-20(29)23(17)37-24(18)25(39(15)14-27(32,33)34)19-12-35-22(11-21(19)40-26(30)31)36-16-6-9-38(13-16)8-3-7-28/h2,4-5,11-12,15-16,25-26,37H,3,6-10,13-14H2,1H3,(H,35,36)/t15-,16+,25?/m1/s1. The van der Waals surface area contributed by atoms with E-state index >= 15 is 0 Å². The van der Waals surface area contributed by atoms with Gasteiger partial charge in [0.15, 0.2) is 0 Å². The van der Waals surface area contributed by atoms with Crippen LogP contribution in [0.15, 0.2) is 30.5 Å². The first kappa shape index (κ1) is 28.5. The maximum Gasteiger partial charge on any atom is 0.401 e. The van der Waals surface area contributed by atoms with E-state index in [9.17, 15) is 30.7 Å². The second-order valence-corrected chi connectivity index (χ2v) is 10.4. The number of pyridine rings is 1. The highest BCUT2D eigenvalue weighted by Crippen LogP contribution is 2.45. The van der Waals surface area contributed by atoms with E-state index in [0.29, 0.717) is 30.5 Å². The number of benzene rings is 1. The van der Waals surface area contributed by atoms with Crippen molar-refractivity contribution in [1.82, 2.24) is 19.8 Å². The van der Waals surface area contributed by atoms with Gasteiger partial charge in [-0.3, -0.25) is 9.29 Å². The molecule has 2 aliphatic heterocycles. The number of ether oxygens (including phenoxy) is 1. The van der Waals surface area contributed by atoms with Crippen LogP contribution in [-0.2, 0) is 6.42 Å². The molecule has 0 bridgehead atoms. The fraction of sp³-hybridized carbons (Fsp3) is 0.519. The third-order valence-electron chi connectivity index (χ3n) is 7.59. The summed E-state index contributed by atoms with van der Waals surface area (Å²) in [5.74, 6) is -0.665. The summed E-state index contributed by atoms with van der Waals surface area (Å²) in [6.45, 7) is -1.41. The predicted molar refractivity (Wildman–Crippen MR) is 136 cm³/mol. The molecule has 4 heterocycles. The van der Waals surface area contributed by atoms with E-state index < -0.39 is 43.9 Å². The first-order chi connectivity index (χ1) is 19.0. The van der Waals surface area contributed by atoms with E-state index in [0.717, 1.165) is 17.9 Å². The molecule has 5 rings (SSSR count). The number of anilines is 1. The fourth-order valence-corrected chi connectivity index (χ4v) is 5.91. The van der Waals surface area contributed by atoms with Crippen LogP contribution in [0.3, 0.4) is 0 Å². The van der Waals surface area contributed by atoms with Gasteiger partial charge in [-0.15, -0.1) is 0 Å². The van der Waals surface area contributed by atoms with Crippen LogP contribution in [0.4, 0.5) is 36.6 Å². The zero-order valence-electron chi connectivity index (χ0n) is 21.7. The van der Waals surface area contributed by atoms with Gasteiger partial charge in [0.25, 0.3) is 0 Å². The molecule has 0 spiro atoms. The van der Waals surface area contributed by atoms with Crippen molar-refractivity contribution in [3.05, 3.63) is 53.1 Å². The van der Waals surface area contributed by atoms with Gasteiger partial charge in [-0.05, 0) is 37.8 Å². The van der Waals surface area contributed by atoms with E-state index in [2.05, 4.69) is 20.2 Å². The molecule has 3 aromatic rings. The van der Waals surface area contributed by atoms with Gasteiger partial charge < -0.3 is 19.9 Å². The lowest BCUT2D eigenvalue weighted by Gasteiger charge is -2.41. The van der Waals surface area contributed by atoms with Crippen LogP contribution >= 0.6 is 0 Å². The van der Waals surface area contributed by atoms with Gasteiger partial charge in [-0.1, -0.05) is 12.1 Å². The molecule has 0 amide bonds. The fourth-order valence-electron chi connectivity index (χ4n) is 5.91. The third kappa shape index (κ3) is 5.99. The SMILES string of the molecule is C[C@@H]1Cc2c([nH]c3c(F)cccc23)C(c2cnc(N[C@H]3CCN(CCCF)C3)cc2OC(F)F)N1CC(F)(F)F. The highest BCUT2D eigenvalue weighted by Gasteiger charge is 2.43. The average Bonchev–Trinajstić information content (AvgIpc) is 3.48. The molecule has 13 heteroatoms. The van der Waals surface area contributed by atoms with Crippen molar-refractivity contribution in [3.8, 4) is 5.75 Å². The Hall–Kier alpha value is -3.06. The second-order valence-electron chi connectivity index (χ2n) is 10.4. The molecule has 0 aliphatic carbocycles. The molecular formula is C27H30F7N5O. The van der Waals surface area contributed by atoms with E-state index in [1.165, 1.54) is 24.4 Å². The molecule has 218 valence electrons. The highest BCUT2D eigenvalue weighted by atomic mass is 19.4. The number of likely N-dealkylation sites (tertiary alicyclic amines) is 1. The number of hydrogen-bond donors (Lipinski definition) is 2. The molecular weight excluding hydrogens is 543 g/mol. The number of rotatable bonds is 9. The number of halogens is 7. The van der Waals surface area contributed by atoms with Crippen molar-refractivity contribution < 1.29 is 35.5 Å². The zero-order valence-corrected chi connectivity index (χ0v) is 21.7. The minimum absolute atomic E-state index is 0.00542. The molecule has 0 saturated carbocycles. The smallest absolute Gasteiger partial charge is 0.401 e. The lowest BCUT2D eigenvalue weighted by molar-refractivity contribution is -0.155. The normalized spacial score (nSPS) is 22.3. The molecule has 2 N–H and O–H groups in total. The number of aromatic amines is 1. The minimum atomic E-state index is -4.59. The van der Waals surface area contributed by atoms with Gasteiger partial charge in [-0.25, -0.2) is 9.37 Å². The van der Waals surface area contributed by atoms with Gasteiger partial charge in [0, 0.05) is 60.6 Å². The molecule has 40 heavy (non-hydrogen) atoms. The van der Waals surface area contributed by atoms with Crippen molar-refractivity contribution in [3.63, 3.8) is 0 Å². The van der Waals surface area contributed by atoms with Crippen LogP contribution in [0.2, 0.25) is 0 Å². The Labute approximate surface area is 226 Å². The molecule has 1 aromatic carbocycles. The Morgan fingerprint density at radius 1 is 1.25 bits per heavy atom. The predicted octanol–water partition coefficient (Wildman–Crippen LogP) is 6.05. The van der Waals surface area contributed by atoms with Gasteiger partial charge in [-0.2, -0.15) is 22.0 Å². The zero-order chi connectivity index (χ0) is 28.6. The average molecular weight is 574 g/mol. The van der Waals surface area contributed by atoms with Crippen LogP contribution in [0.5, 0.6) is 5.75 Å². The van der Waals surface area contributed by atoms with Gasteiger partial charge in [0.2, 0.25) is 0 Å². The summed E-state index contributed by atoms with van der Waals surface area (Å²) in [6, 6.07) is 3.76. The third-order valence-corrected chi connectivity index (χ3v) is 7.59. The van der Waals surface area contributed by atoms with E-state index in [1.54, 1.807) is 13.0 Å². The van der Waals surface area contributed by atoms with Gasteiger partial charge >= 0.3 is 12.8 Å². The molecule has 1 saturated heterocycles. The van der Waals surface area contributed by atoms with Gasteiger partial charge in [0.05, 0.1) is 24.8 Å². The maximum absolute atomic E-state index is 14.7. The summed E-state index contributed by atoms with van der Waals surface area (Å²) in [4.78, 5) is 10.5. The van der Waals surface area contributed by atoms with Crippen LogP contribution in [0, 0.1) is 5.82 Å². The minimum Gasteiger partial charge on any atom is -0.434 e. The lowest BCUT2D eigenvalue weighted by atomic mass is 9.88. The molecule has 2 aliphatic rings. The summed E-state index contributed by atoms with van der Waals surface area (Å²) in [5.41, 5.74) is 1.05. The largest absolute Gasteiger partial charge is 0.434 e. The van der Waals surface area contributed by atoms with E-state index in [4.69, 9.17) is 4.74 Å². The molecule has 6 nitrogen and oxygen atoms in total. The summed E-state index contributed by atoms with van der Waals surface area (Å²) in [7, 11) is 0. The van der Waals surface area contributed by atoms with Crippen molar-refractivity contribution >= 4 is 16.7 Å². The number of nitrogens with one attached hydrogen (secondary N) is 2. The number of aromatic nitrogens is 2. The Kier molecular flexibility index (Phi) is 8.14. The topological polar surface area (TPSA) is 56.4 Å². The summed E-state index contributed by atoms with van der Waals surface area (Å²) >= 11 is 0. The molecule has 1 fully saturated rings. The maximum atomic E-state index is 14.7. The Morgan fingerprint density at radius 2 is 2.05 bits per heavy atom. The first-order valence-electron chi connectivity index (χ1n) is 13.1. The van der Waals surface area contributed by atoms with Crippen LogP contribution in [0.25, 0.3) is 10.9 Å². The first-order valence-corrected chi connectivity index (χ1v) is 13.1. The summed E-state index contributed by atoms with van der Waals surface area (Å²) in [5, 5.41) is 3.70. The van der Waals surface area contributed by atoms with Crippen molar-refractivity contribution in [1.29, 1.82) is 0 Å². The van der Waals surface area contributed by atoms with Crippen molar-refractivity contribution in [2.75, 3.05) is 38.2 Å². The quantitative estimate of drug-likeness (QED) is 0.306. The molecule has 2 aromatic heterocycles. The Balaban J connectivity index is 1.55. The molecule has 0 radical (unpaired) electrons. The number of para-hydroxylation sites is 1. The molecule has 3 atom stereocenters. The summed E-state index contributed by atoms with van der Waals surface area (Å²) in [6.07, 6.45) is -2.00. The van der Waals surface area contributed by atoms with Crippen molar-refractivity contribution in [2.24, 2.45) is 0 Å². The Morgan fingerprint density at radius 3 is 2.77 bits per heavy atom. The van der Waals surface area contributed by atoms with E-state index in [-0.39, 0.29) is 40.8 Å². The number of H-pyrrole nitrogens is 1. The van der Waals surface area contributed by atoms with Crippen LogP contribution < -0.4 is 10.1 Å². The lowest BCUT2D eigenvalue weighted by Crippen LogP contribution is -2.47.